The van der Waals surface area contributed by atoms with E-state index in [0.717, 1.165) is 0 Å². The fourth-order valence-corrected chi connectivity index (χ4v) is 2.21. The van der Waals surface area contributed by atoms with Crippen molar-refractivity contribution in [1.29, 1.82) is 0 Å². The highest BCUT2D eigenvalue weighted by molar-refractivity contribution is 5.71. The number of hydrogen-bond donors (Lipinski definition) is 1. The Morgan fingerprint density at radius 1 is 1.44 bits per heavy atom. The fourth-order valence-electron chi connectivity index (χ4n) is 2.21. The molecule has 6 heteroatoms. The van der Waals surface area contributed by atoms with Crippen LogP contribution in [-0.2, 0) is 4.79 Å². The number of anilines is 1. The predicted octanol–water partition coefficient (Wildman–Crippen LogP) is 1.52. The van der Waals surface area contributed by atoms with Crippen molar-refractivity contribution < 1.29 is 14.3 Å². The molecule has 2 aromatic heterocycles. The molecule has 18 heavy (non-hydrogen) atoms. The van der Waals surface area contributed by atoms with Crippen LogP contribution < -0.4 is 4.90 Å². The Balaban J connectivity index is 1.78. The second-order valence-corrected chi connectivity index (χ2v) is 4.42. The van der Waals surface area contributed by atoms with Crippen molar-refractivity contribution in [3.63, 3.8) is 0 Å². The van der Waals surface area contributed by atoms with Crippen LogP contribution in [0.4, 0.5) is 6.01 Å². The molecule has 3 rings (SSSR count). The third-order valence-electron chi connectivity index (χ3n) is 3.27. The van der Waals surface area contributed by atoms with Crippen LogP contribution in [0.1, 0.15) is 12.8 Å². The van der Waals surface area contributed by atoms with E-state index >= 15 is 0 Å². The highest BCUT2D eigenvalue weighted by Crippen LogP contribution is 2.25. The second kappa shape index (κ2) is 4.29. The normalized spacial score (nSPS) is 17.2. The summed E-state index contributed by atoms with van der Waals surface area (Å²) in [6.45, 7) is 1.31. The fraction of sp³-hybridized carbons (Fsp3) is 0.417. The van der Waals surface area contributed by atoms with Gasteiger partial charge in [-0.1, -0.05) is 0 Å². The van der Waals surface area contributed by atoms with Crippen molar-refractivity contribution in [3.05, 3.63) is 18.3 Å². The lowest BCUT2D eigenvalue weighted by Crippen LogP contribution is -2.36. The van der Waals surface area contributed by atoms with E-state index in [2.05, 4.69) is 9.97 Å². The third kappa shape index (κ3) is 1.90. The Labute approximate surface area is 103 Å². The van der Waals surface area contributed by atoms with E-state index < -0.39 is 5.97 Å². The zero-order valence-corrected chi connectivity index (χ0v) is 9.74. The summed E-state index contributed by atoms with van der Waals surface area (Å²) in [6, 6.07) is 4.16. The minimum absolute atomic E-state index is 0.247. The van der Waals surface area contributed by atoms with E-state index in [0.29, 0.717) is 43.2 Å². The van der Waals surface area contributed by atoms with Gasteiger partial charge in [-0.05, 0) is 25.0 Å². The number of hydrogen-bond acceptors (Lipinski definition) is 5. The molecule has 0 aliphatic carbocycles. The number of aliphatic carboxylic acids is 1. The average Bonchev–Trinajstić information content (AvgIpc) is 2.82. The molecule has 1 aliphatic heterocycles. The minimum atomic E-state index is -0.714. The number of carboxylic acids is 1. The third-order valence-corrected chi connectivity index (χ3v) is 3.27. The summed E-state index contributed by atoms with van der Waals surface area (Å²) in [5.41, 5.74) is 1.25. The summed E-state index contributed by atoms with van der Waals surface area (Å²) in [5, 5.41) is 8.94. The van der Waals surface area contributed by atoms with Gasteiger partial charge in [-0.15, -0.1) is 0 Å². The van der Waals surface area contributed by atoms with E-state index in [1.807, 2.05) is 11.0 Å². The number of fused-ring (bicyclic) bond motifs is 1. The molecule has 0 saturated carbocycles. The second-order valence-electron chi connectivity index (χ2n) is 4.42. The molecule has 1 aliphatic rings. The summed E-state index contributed by atoms with van der Waals surface area (Å²) < 4.78 is 5.61. The number of aromatic nitrogens is 2. The highest BCUT2D eigenvalue weighted by Gasteiger charge is 2.26. The molecule has 0 aromatic carbocycles. The summed E-state index contributed by atoms with van der Waals surface area (Å²) >= 11 is 0. The van der Waals surface area contributed by atoms with Crippen molar-refractivity contribution >= 4 is 23.2 Å². The number of carbonyl (C=O) groups is 1. The smallest absolute Gasteiger partial charge is 0.306 e. The first kappa shape index (κ1) is 11.0. The number of rotatable bonds is 2. The van der Waals surface area contributed by atoms with Gasteiger partial charge in [0.25, 0.3) is 6.01 Å². The number of nitrogens with zero attached hydrogens (tertiary/aromatic N) is 3. The molecule has 0 unspecified atom stereocenters. The van der Waals surface area contributed by atoms with Crippen molar-refractivity contribution in [2.45, 2.75) is 12.8 Å². The van der Waals surface area contributed by atoms with Crippen LogP contribution >= 0.6 is 0 Å². The SMILES string of the molecule is O=C(O)C1CCN(c2nc3ncccc3o2)CC1. The van der Waals surface area contributed by atoms with Gasteiger partial charge in [0, 0.05) is 19.3 Å². The van der Waals surface area contributed by atoms with Crippen molar-refractivity contribution in [1.82, 2.24) is 9.97 Å². The Morgan fingerprint density at radius 2 is 2.22 bits per heavy atom. The Kier molecular flexibility index (Phi) is 2.62. The lowest BCUT2D eigenvalue weighted by atomic mass is 9.97. The molecule has 0 bridgehead atoms. The average molecular weight is 247 g/mol. The summed E-state index contributed by atoms with van der Waals surface area (Å²) in [7, 11) is 0. The maximum Gasteiger partial charge on any atom is 0.306 e. The first-order valence-electron chi connectivity index (χ1n) is 5.93. The molecule has 1 N–H and O–H groups in total. The first-order chi connectivity index (χ1) is 8.74. The van der Waals surface area contributed by atoms with Gasteiger partial charge >= 0.3 is 5.97 Å². The van der Waals surface area contributed by atoms with E-state index in [1.54, 1.807) is 12.3 Å². The van der Waals surface area contributed by atoms with Crippen LogP contribution in [-0.4, -0.2) is 34.1 Å². The molecule has 0 radical (unpaired) electrons. The summed E-state index contributed by atoms with van der Waals surface area (Å²) in [6.07, 6.45) is 2.92. The molecule has 6 nitrogen and oxygen atoms in total. The predicted molar refractivity (Wildman–Crippen MR) is 64.4 cm³/mol. The number of carboxylic acid groups (broad SMARTS) is 1. The van der Waals surface area contributed by atoms with Crippen LogP contribution in [0.3, 0.4) is 0 Å². The van der Waals surface area contributed by atoms with Crippen molar-refractivity contribution in [3.8, 4) is 0 Å². The molecular formula is C12H13N3O3. The number of pyridine rings is 1. The van der Waals surface area contributed by atoms with Crippen LogP contribution in [0.25, 0.3) is 11.2 Å². The quantitative estimate of drug-likeness (QED) is 0.866. The van der Waals surface area contributed by atoms with Crippen LogP contribution in [0.2, 0.25) is 0 Å². The summed E-state index contributed by atoms with van der Waals surface area (Å²) in [5.74, 6) is -0.961. The van der Waals surface area contributed by atoms with E-state index in [9.17, 15) is 4.79 Å². The molecular weight excluding hydrogens is 234 g/mol. The van der Waals surface area contributed by atoms with Gasteiger partial charge in [0.1, 0.15) is 0 Å². The Morgan fingerprint density at radius 3 is 2.89 bits per heavy atom. The zero-order chi connectivity index (χ0) is 12.5. The van der Waals surface area contributed by atoms with Gasteiger partial charge in [0.15, 0.2) is 5.58 Å². The lowest BCUT2D eigenvalue weighted by molar-refractivity contribution is -0.142. The zero-order valence-electron chi connectivity index (χ0n) is 9.74. The van der Waals surface area contributed by atoms with Gasteiger partial charge in [-0.2, -0.15) is 4.98 Å². The number of piperidine rings is 1. The van der Waals surface area contributed by atoms with Gasteiger partial charge in [0.05, 0.1) is 5.92 Å². The van der Waals surface area contributed by atoms with Crippen molar-refractivity contribution in [2.24, 2.45) is 5.92 Å². The van der Waals surface area contributed by atoms with Crippen molar-refractivity contribution in [2.75, 3.05) is 18.0 Å². The summed E-state index contributed by atoms with van der Waals surface area (Å²) in [4.78, 5) is 21.3. The van der Waals surface area contributed by atoms with Gasteiger partial charge in [0.2, 0.25) is 5.65 Å². The first-order valence-corrected chi connectivity index (χ1v) is 5.93. The van der Waals surface area contributed by atoms with E-state index in [-0.39, 0.29) is 5.92 Å². The molecule has 1 fully saturated rings. The van der Waals surface area contributed by atoms with E-state index in [4.69, 9.17) is 9.52 Å². The minimum Gasteiger partial charge on any atom is -0.481 e. The molecule has 0 amide bonds. The molecule has 0 atom stereocenters. The van der Waals surface area contributed by atoms with Crippen LogP contribution in [0.15, 0.2) is 22.7 Å². The topological polar surface area (TPSA) is 79.5 Å². The van der Waals surface area contributed by atoms with Crippen LogP contribution in [0, 0.1) is 5.92 Å². The molecule has 94 valence electrons. The van der Waals surface area contributed by atoms with Gasteiger partial charge in [-0.3, -0.25) is 4.79 Å². The Bertz CT molecular complexity index is 540. The van der Waals surface area contributed by atoms with Crippen LogP contribution in [0.5, 0.6) is 0 Å². The lowest BCUT2D eigenvalue weighted by Gasteiger charge is -2.28. The number of oxazole rings is 1. The van der Waals surface area contributed by atoms with E-state index in [1.165, 1.54) is 0 Å². The highest BCUT2D eigenvalue weighted by atomic mass is 16.4. The molecule has 0 spiro atoms. The maximum atomic E-state index is 10.9. The standard InChI is InChI=1S/C12H13N3O3/c16-11(17)8-3-6-15(7-4-8)12-14-10-9(18-12)2-1-5-13-10/h1-2,5,8H,3-4,6-7H2,(H,16,17). The maximum absolute atomic E-state index is 10.9. The van der Waals surface area contributed by atoms with Gasteiger partial charge in [-0.25, -0.2) is 4.98 Å². The molecule has 3 heterocycles. The monoisotopic (exact) mass is 247 g/mol. The Hall–Kier alpha value is -2.11. The largest absolute Gasteiger partial charge is 0.481 e. The molecule has 1 saturated heterocycles. The van der Waals surface area contributed by atoms with Gasteiger partial charge < -0.3 is 14.4 Å². The molecule has 2 aromatic rings.